The Morgan fingerprint density at radius 1 is 0.952 bits per heavy atom. The second-order valence-electron chi connectivity index (χ2n) is 9.84. The lowest BCUT2D eigenvalue weighted by molar-refractivity contribution is -0.116. The third kappa shape index (κ3) is 6.99. The Labute approximate surface area is 242 Å². The molecule has 12 heteroatoms. The van der Waals surface area contributed by atoms with E-state index in [1.165, 1.54) is 18.2 Å². The summed E-state index contributed by atoms with van der Waals surface area (Å²) in [4.78, 5) is 29.5. The molecule has 0 atom stereocenters. The lowest BCUT2D eigenvalue weighted by Crippen LogP contribution is -2.40. The molecule has 0 saturated heterocycles. The highest BCUT2D eigenvalue weighted by Crippen LogP contribution is 2.28. The molecule has 3 aromatic carbocycles. The number of hydrogen-bond acceptors (Lipinski definition) is 5. The summed E-state index contributed by atoms with van der Waals surface area (Å²) in [6.45, 7) is 4.51. The van der Waals surface area contributed by atoms with Gasteiger partial charge in [0.15, 0.2) is 0 Å². The van der Waals surface area contributed by atoms with Crippen LogP contribution >= 0.6 is 0 Å². The van der Waals surface area contributed by atoms with Gasteiger partial charge in [0.05, 0.1) is 11.0 Å². The minimum Gasteiger partial charge on any atom is -0.326 e. The first-order valence-corrected chi connectivity index (χ1v) is 15.0. The quantitative estimate of drug-likeness (QED) is 0.207. The smallest absolute Gasteiger partial charge is 0.326 e. The van der Waals surface area contributed by atoms with Crippen molar-refractivity contribution in [2.24, 2.45) is 0 Å². The predicted octanol–water partition coefficient (Wildman–Crippen LogP) is 6.41. The van der Waals surface area contributed by atoms with Crippen LogP contribution in [0.3, 0.4) is 0 Å². The molecule has 1 aromatic heterocycles. The van der Waals surface area contributed by atoms with Crippen LogP contribution in [0.4, 0.5) is 18.9 Å². The number of carbonyl (C=O) groups excluding carboxylic acids is 2. The number of unbranched alkanes of at least 4 members (excludes halogenated alkanes) is 1. The lowest BCUT2D eigenvalue weighted by Gasteiger charge is -2.13. The molecule has 222 valence electrons. The number of anilines is 1. The van der Waals surface area contributed by atoms with E-state index in [1.54, 1.807) is 18.2 Å². The zero-order valence-electron chi connectivity index (χ0n) is 23.2. The van der Waals surface area contributed by atoms with Gasteiger partial charge in [-0.2, -0.15) is 21.6 Å². The molecule has 4 aromatic rings. The van der Waals surface area contributed by atoms with E-state index in [4.69, 9.17) is 4.98 Å². The maximum absolute atomic E-state index is 12.8. The molecule has 0 fully saturated rings. The number of aryl methyl sites for hydroxylation is 1. The van der Waals surface area contributed by atoms with Crippen molar-refractivity contribution in [1.29, 1.82) is 0 Å². The van der Waals surface area contributed by atoms with Gasteiger partial charge in [-0.15, -0.1) is 0 Å². The zero-order valence-corrected chi connectivity index (χ0v) is 24.0. The average Bonchev–Trinajstić information content (AvgIpc) is 3.27. The molecular weight excluding hydrogens is 569 g/mol. The Morgan fingerprint density at radius 3 is 2.33 bits per heavy atom. The van der Waals surface area contributed by atoms with Gasteiger partial charge >= 0.3 is 15.5 Å². The standard InChI is InChI=1S/C30H31F3N4O4S/c1-3-5-11-27-35-25-17-16-22(34-28(38)8-4-2)18-26(25)37(27)19-20-12-14-21(15-13-20)23-9-6-7-10-24(23)29(39)36-42(40,41)30(31,32)33/h6-7,9-10,12-18H,3-5,8,11,19H2,1-2H3,(H,34,38)(H,36,39). The summed E-state index contributed by atoms with van der Waals surface area (Å²) in [6, 6.07) is 18.6. The molecule has 2 N–H and O–H groups in total. The maximum Gasteiger partial charge on any atom is 0.516 e. The van der Waals surface area contributed by atoms with Crippen LogP contribution in [0.5, 0.6) is 0 Å². The summed E-state index contributed by atoms with van der Waals surface area (Å²) in [5, 5.41) is 2.93. The number of halogens is 3. The first kappa shape index (κ1) is 30.8. The topological polar surface area (TPSA) is 110 Å². The number of alkyl halides is 3. The van der Waals surface area contributed by atoms with Crippen molar-refractivity contribution in [3.05, 3.63) is 83.7 Å². The van der Waals surface area contributed by atoms with E-state index >= 15 is 0 Å². The van der Waals surface area contributed by atoms with Gasteiger partial charge in [-0.25, -0.2) is 9.71 Å². The van der Waals surface area contributed by atoms with Gasteiger partial charge < -0.3 is 9.88 Å². The zero-order chi connectivity index (χ0) is 30.5. The molecule has 0 radical (unpaired) electrons. The fourth-order valence-electron chi connectivity index (χ4n) is 4.54. The molecular formula is C30H31F3N4O4S. The van der Waals surface area contributed by atoms with Crippen molar-refractivity contribution in [2.45, 2.75) is 58.0 Å². The van der Waals surface area contributed by atoms with Gasteiger partial charge in [-0.05, 0) is 53.8 Å². The van der Waals surface area contributed by atoms with Crippen LogP contribution in [-0.4, -0.2) is 35.3 Å². The highest BCUT2D eigenvalue weighted by Gasteiger charge is 2.47. The van der Waals surface area contributed by atoms with Crippen molar-refractivity contribution in [3.8, 4) is 11.1 Å². The number of rotatable bonds is 11. The first-order chi connectivity index (χ1) is 19.9. The number of amides is 2. The number of sulfonamides is 1. The summed E-state index contributed by atoms with van der Waals surface area (Å²) in [5.41, 5.74) is -1.76. The van der Waals surface area contributed by atoms with Gasteiger partial charge in [-0.1, -0.05) is 62.7 Å². The molecule has 0 aliphatic heterocycles. The number of fused-ring (bicyclic) bond motifs is 1. The second kappa shape index (κ2) is 12.8. The second-order valence-corrected chi connectivity index (χ2v) is 11.5. The molecule has 1 heterocycles. The Balaban J connectivity index is 1.63. The van der Waals surface area contributed by atoms with E-state index in [9.17, 15) is 31.2 Å². The minimum absolute atomic E-state index is 0.0605. The lowest BCUT2D eigenvalue weighted by atomic mass is 9.98. The Morgan fingerprint density at radius 2 is 1.67 bits per heavy atom. The number of carbonyl (C=O) groups is 2. The molecule has 42 heavy (non-hydrogen) atoms. The normalized spacial score (nSPS) is 11.9. The van der Waals surface area contributed by atoms with E-state index < -0.39 is 21.4 Å². The van der Waals surface area contributed by atoms with Crippen molar-refractivity contribution in [1.82, 2.24) is 14.3 Å². The highest BCUT2D eigenvalue weighted by atomic mass is 32.2. The maximum atomic E-state index is 12.8. The van der Waals surface area contributed by atoms with E-state index in [1.807, 2.05) is 37.3 Å². The van der Waals surface area contributed by atoms with Crippen LogP contribution in [0.25, 0.3) is 22.2 Å². The van der Waals surface area contributed by atoms with Crippen molar-refractivity contribution in [2.75, 3.05) is 5.32 Å². The predicted molar refractivity (Wildman–Crippen MR) is 155 cm³/mol. The number of hydrogen-bond donors (Lipinski definition) is 2. The molecule has 0 aliphatic rings. The SMILES string of the molecule is CCCCc1nc2ccc(NC(=O)CCC)cc2n1Cc1ccc(-c2ccccc2C(=O)NS(=O)(=O)C(F)(F)F)cc1. The highest BCUT2D eigenvalue weighted by molar-refractivity contribution is 7.90. The van der Waals surface area contributed by atoms with Crippen LogP contribution in [-0.2, 0) is 27.8 Å². The Bertz CT molecular complexity index is 1700. The first-order valence-electron chi connectivity index (χ1n) is 13.5. The monoisotopic (exact) mass is 600 g/mol. The van der Waals surface area contributed by atoms with Gasteiger partial charge in [0.1, 0.15) is 5.82 Å². The molecule has 0 unspecified atom stereocenters. The van der Waals surface area contributed by atoms with Crippen LogP contribution in [0.1, 0.15) is 61.3 Å². The van der Waals surface area contributed by atoms with E-state index in [2.05, 4.69) is 16.8 Å². The molecule has 8 nitrogen and oxygen atoms in total. The number of nitrogens with one attached hydrogen (secondary N) is 2. The fourth-order valence-corrected chi connectivity index (χ4v) is 5.01. The summed E-state index contributed by atoms with van der Waals surface area (Å²) >= 11 is 0. The summed E-state index contributed by atoms with van der Waals surface area (Å²) < 4.78 is 64.6. The van der Waals surface area contributed by atoms with Gasteiger partial charge in [0.25, 0.3) is 5.91 Å². The summed E-state index contributed by atoms with van der Waals surface area (Å²) in [6.07, 6.45) is 3.88. The number of imidazole rings is 1. The molecule has 0 spiro atoms. The van der Waals surface area contributed by atoms with E-state index in [-0.39, 0.29) is 17.0 Å². The molecule has 2 amide bonds. The minimum atomic E-state index is -5.85. The largest absolute Gasteiger partial charge is 0.516 e. The Kier molecular flexibility index (Phi) is 9.35. The van der Waals surface area contributed by atoms with Gasteiger partial charge in [0, 0.05) is 30.6 Å². The number of nitrogens with zero attached hydrogens (tertiary/aromatic N) is 2. The molecule has 0 aliphatic carbocycles. The van der Waals surface area contributed by atoms with Crippen molar-refractivity contribution >= 4 is 38.6 Å². The molecule has 4 rings (SSSR count). The van der Waals surface area contributed by atoms with E-state index in [0.29, 0.717) is 24.2 Å². The van der Waals surface area contributed by atoms with E-state index in [0.717, 1.165) is 52.8 Å². The van der Waals surface area contributed by atoms with Gasteiger partial charge in [-0.3, -0.25) is 9.59 Å². The summed E-state index contributed by atoms with van der Waals surface area (Å²) in [7, 11) is -5.85. The van der Waals surface area contributed by atoms with Crippen LogP contribution in [0.15, 0.2) is 66.7 Å². The Hall–Kier alpha value is -4.19. The third-order valence-electron chi connectivity index (χ3n) is 6.65. The molecule has 0 bridgehead atoms. The van der Waals surface area contributed by atoms with Crippen LogP contribution in [0, 0.1) is 0 Å². The van der Waals surface area contributed by atoms with Crippen molar-refractivity contribution < 1.29 is 31.2 Å². The molecule has 0 saturated carbocycles. The van der Waals surface area contributed by atoms with Crippen LogP contribution in [0.2, 0.25) is 0 Å². The third-order valence-corrected chi connectivity index (χ3v) is 7.71. The fraction of sp³-hybridized carbons (Fsp3) is 0.300. The number of benzene rings is 3. The summed E-state index contributed by atoms with van der Waals surface area (Å²) in [5.74, 6) is -0.533. The number of aromatic nitrogens is 2. The average molecular weight is 601 g/mol. The van der Waals surface area contributed by atoms with Gasteiger partial charge in [0.2, 0.25) is 5.91 Å². The van der Waals surface area contributed by atoms with Crippen LogP contribution < -0.4 is 10.0 Å². The van der Waals surface area contributed by atoms with Crippen molar-refractivity contribution in [3.63, 3.8) is 0 Å².